The van der Waals surface area contributed by atoms with Gasteiger partial charge in [-0.3, -0.25) is 0 Å². The average molecular weight is 338 g/mol. The first-order valence-electron chi connectivity index (χ1n) is 5.18. The summed E-state index contributed by atoms with van der Waals surface area (Å²) in [6, 6.07) is 3.93. The van der Waals surface area contributed by atoms with Gasteiger partial charge in [-0.1, -0.05) is 27.6 Å². The van der Waals surface area contributed by atoms with Gasteiger partial charge in [0.15, 0.2) is 0 Å². The standard InChI is InChI=1S/C10H9Cl2N3O4S/c1-15-10(13-9(18-2)14-20(15,16)17)19-8-4-3-6(11)5-7(8)12/h3-5H,1-2H3. The lowest BCUT2D eigenvalue weighted by molar-refractivity contribution is 0.387. The van der Waals surface area contributed by atoms with Gasteiger partial charge in [0.05, 0.1) is 12.1 Å². The van der Waals surface area contributed by atoms with Crippen molar-refractivity contribution in [2.75, 3.05) is 14.2 Å². The van der Waals surface area contributed by atoms with Gasteiger partial charge in [0, 0.05) is 12.1 Å². The summed E-state index contributed by atoms with van der Waals surface area (Å²) in [5, 5.41) is 0.639. The van der Waals surface area contributed by atoms with Crippen LogP contribution in [0.2, 0.25) is 10.0 Å². The van der Waals surface area contributed by atoms with E-state index in [2.05, 4.69) is 9.39 Å². The Morgan fingerprint density at radius 3 is 2.60 bits per heavy atom. The van der Waals surface area contributed by atoms with Gasteiger partial charge in [-0.05, 0) is 18.2 Å². The molecule has 0 saturated carbocycles. The van der Waals surface area contributed by atoms with Crippen LogP contribution in [0.4, 0.5) is 0 Å². The second kappa shape index (κ2) is 5.47. The van der Waals surface area contributed by atoms with E-state index in [0.29, 0.717) is 5.02 Å². The van der Waals surface area contributed by atoms with Gasteiger partial charge >= 0.3 is 22.3 Å². The average Bonchev–Trinajstić information content (AvgIpc) is 2.37. The number of ether oxygens (including phenoxy) is 2. The van der Waals surface area contributed by atoms with Crippen LogP contribution in [0, 0.1) is 0 Å². The zero-order chi connectivity index (χ0) is 14.9. The van der Waals surface area contributed by atoms with Gasteiger partial charge in [0.25, 0.3) is 0 Å². The first-order valence-corrected chi connectivity index (χ1v) is 7.33. The Balaban J connectivity index is 2.37. The van der Waals surface area contributed by atoms with E-state index in [0.717, 1.165) is 4.31 Å². The topological polar surface area (TPSA) is 80.6 Å². The quantitative estimate of drug-likeness (QED) is 0.783. The van der Waals surface area contributed by atoms with Gasteiger partial charge < -0.3 is 9.47 Å². The molecular weight excluding hydrogens is 329 g/mol. The Kier molecular flexibility index (Phi) is 4.07. The number of amidine groups is 2. The summed E-state index contributed by atoms with van der Waals surface area (Å²) < 4.78 is 37.6. The minimum Gasteiger partial charge on any atom is -0.466 e. The highest BCUT2D eigenvalue weighted by molar-refractivity contribution is 7.88. The molecule has 1 heterocycles. The highest BCUT2D eigenvalue weighted by atomic mass is 35.5. The summed E-state index contributed by atoms with van der Waals surface area (Å²) >= 11 is 11.7. The lowest BCUT2D eigenvalue weighted by Crippen LogP contribution is -2.39. The lowest BCUT2D eigenvalue weighted by atomic mass is 10.3. The van der Waals surface area contributed by atoms with Crippen LogP contribution >= 0.6 is 23.2 Å². The summed E-state index contributed by atoms with van der Waals surface area (Å²) in [5.74, 6) is 0.203. The summed E-state index contributed by atoms with van der Waals surface area (Å²) in [4.78, 5) is 3.81. The molecule has 0 atom stereocenters. The molecule has 0 fully saturated rings. The summed E-state index contributed by atoms with van der Waals surface area (Å²) in [7, 11) is -1.45. The number of hydrogen-bond donors (Lipinski definition) is 0. The molecule has 0 unspecified atom stereocenters. The number of benzene rings is 1. The van der Waals surface area contributed by atoms with Crippen molar-refractivity contribution in [3.05, 3.63) is 28.2 Å². The van der Waals surface area contributed by atoms with Crippen molar-refractivity contribution < 1.29 is 17.9 Å². The lowest BCUT2D eigenvalue weighted by Gasteiger charge is -2.21. The highest BCUT2D eigenvalue weighted by Gasteiger charge is 2.29. The minimum atomic E-state index is -3.94. The fraction of sp³-hybridized carbons (Fsp3) is 0.200. The number of nitrogens with zero attached hydrogens (tertiary/aromatic N) is 3. The van der Waals surface area contributed by atoms with Crippen molar-refractivity contribution in [3.8, 4) is 5.75 Å². The van der Waals surface area contributed by atoms with E-state index in [9.17, 15) is 8.42 Å². The predicted octanol–water partition coefficient (Wildman–Crippen LogP) is 1.92. The Morgan fingerprint density at radius 2 is 2.00 bits per heavy atom. The van der Waals surface area contributed by atoms with Gasteiger partial charge in [0.1, 0.15) is 5.75 Å². The maximum Gasteiger partial charge on any atom is 0.352 e. The number of rotatable bonds is 1. The van der Waals surface area contributed by atoms with Crippen LogP contribution in [0.1, 0.15) is 0 Å². The third kappa shape index (κ3) is 2.97. The van der Waals surface area contributed by atoms with Gasteiger partial charge in [-0.25, -0.2) is 4.31 Å². The fourth-order valence-electron chi connectivity index (χ4n) is 1.26. The first-order chi connectivity index (χ1) is 9.33. The molecule has 0 aliphatic carbocycles. The Labute approximate surface area is 125 Å². The zero-order valence-electron chi connectivity index (χ0n) is 10.4. The van der Waals surface area contributed by atoms with Crippen molar-refractivity contribution >= 4 is 45.5 Å². The molecule has 2 rings (SSSR count). The van der Waals surface area contributed by atoms with Crippen LogP contribution in [0.3, 0.4) is 0 Å². The van der Waals surface area contributed by atoms with Gasteiger partial charge in [-0.2, -0.15) is 8.42 Å². The second-order valence-corrected chi connectivity index (χ2v) is 6.06. The van der Waals surface area contributed by atoms with Crippen LogP contribution in [0.25, 0.3) is 0 Å². The number of methoxy groups -OCH3 is 1. The Hall–Kier alpha value is -1.51. The maximum atomic E-state index is 11.7. The normalized spacial score (nSPS) is 17.3. The molecule has 10 heteroatoms. The van der Waals surface area contributed by atoms with Gasteiger partial charge in [-0.15, -0.1) is 4.99 Å². The van der Waals surface area contributed by atoms with Crippen LogP contribution in [-0.2, 0) is 14.9 Å². The molecule has 20 heavy (non-hydrogen) atoms. The zero-order valence-corrected chi connectivity index (χ0v) is 12.7. The highest BCUT2D eigenvalue weighted by Crippen LogP contribution is 2.28. The molecule has 7 nitrogen and oxygen atoms in total. The summed E-state index contributed by atoms with van der Waals surface area (Å²) in [6.45, 7) is 0. The van der Waals surface area contributed by atoms with Crippen LogP contribution in [0.5, 0.6) is 5.75 Å². The van der Waals surface area contributed by atoms with Crippen molar-refractivity contribution in [3.63, 3.8) is 0 Å². The Bertz CT molecular complexity index is 702. The van der Waals surface area contributed by atoms with Crippen molar-refractivity contribution in [1.29, 1.82) is 0 Å². The third-order valence-electron chi connectivity index (χ3n) is 2.28. The monoisotopic (exact) mass is 337 g/mol. The van der Waals surface area contributed by atoms with Crippen molar-refractivity contribution in [2.45, 2.75) is 0 Å². The van der Waals surface area contributed by atoms with E-state index in [-0.39, 0.29) is 22.8 Å². The van der Waals surface area contributed by atoms with Crippen molar-refractivity contribution in [1.82, 2.24) is 4.31 Å². The number of aliphatic imine (C=N–C) groups is 1. The van der Waals surface area contributed by atoms with Crippen LogP contribution in [-0.4, -0.2) is 38.9 Å². The molecule has 1 aliphatic heterocycles. The van der Waals surface area contributed by atoms with Crippen molar-refractivity contribution in [2.24, 2.45) is 9.39 Å². The molecule has 0 amide bonds. The third-order valence-corrected chi connectivity index (χ3v) is 4.04. The SMILES string of the molecule is COC1=NS(=O)(=O)N(C)C(Oc2ccc(Cl)cc2Cl)=N1. The van der Waals surface area contributed by atoms with E-state index in [4.69, 9.17) is 32.7 Å². The predicted molar refractivity (Wildman–Crippen MR) is 75.7 cm³/mol. The minimum absolute atomic E-state index is 0.203. The molecule has 0 saturated heterocycles. The maximum absolute atomic E-state index is 11.7. The summed E-state index contributed by atoms with van der Waals surface area (Å²) in [6.07, 6.45) is 0. The van der Waals surface area contributed by atoms with E-state index < -0.39 is 10.2 Å². The van der Waals surface area contributed by atoms with E-state index >= 15 is 0 Å². The van der Waals surface area contributed by atoms with Gasteiger partial charge in [0.2, 0.25) is 0 Å². The molecular formula is C10H9Cl2N3O4S. The summed E-state index contributed by atoms with van der Waals surface area (Å²) in [5.41, 5.74) is 0. The smallest absolute Gasteiger partial charge is 0.352 e. The molecule has 0 N–H and O–H groups in total. The second-order valence-electron chi connectivity index (χ2n) is 3.59. The molecule has 0 aromatic heterocycles. The largest absolute Gasteiger partial charge is 0.466 e. The molecule has 0 spiro atoms. The fourth-order valence-corrected chi connectivity index (χ4v) is 2.42. The molecule has 1 aliphatic rings. The van der Waals surface area contributed by atoms with E-state index in [1.165, 1.54) is 26.3 Å². The first kappa shape index (κ1) is 14.9. The van der Waals surface area contributed by atoms with Crippen LogP contribution < -0.4 is 4.74 Å². The van der Waals surface area contributed by atoms with E-state index in [1.54, 1.807) is 6.07 Å². The number of halogens is 2. The molecule has 108 valence electrons. The molecule has 1 aromatic rings. The molecule has 0 radical (unpaired) electrons. The molecule has 0 bridgehead atoms. The van der Waals surface area contributed by atoms with Crippen LogP contribution in [0.15, 0.2) is 27.6 Å². The number of hydrogen-bond acceptors (Lipinski definition) is 5. The Morgan fingerprint density at radius 1 is 1.30 bits per heavy atom. The molecule has 1 aromatic carbocycles. The van der Waals surface area contributed by atoms with E-state index in [1.807, 2.05) is 0 Å².